The van der Waals surface area contributed by atoms with E-state index in [4.69, 9.17) is 0 Å². The maximum atomic E-state index is 10.2. The molecular formula is C18H17NO. The highest BCUT2D eigenvalue weighted by atomic mass is 16.3. The Morgan fingerprint density at radius 3 is 2.65 bits per heavy atom. The van der Waals surface area contributed by atoms with E-state index < -0.39 is 6.10 Å². The molecule has 1 atom stereocenters. The minimum absolute atomic E-state index is 0.456. The lowest BCUT2D eigenvalue weighted by Crippen LogP contribution is -2.00. The van der Waals surface area contributed by atoms with Gasteiger partial charge in [-0.15, -0.1) is 0 Å². The smallest absolute Gasteiger partial charge is 0.0808 e. The van der Waals surface area contributed by atoms with Crippen LogP contribution < -0.4 is 0 Å². The summed E-state index contributed by atoms with van der Waals surface area (Å²) in [6.07, 6.45) is 4.56. The van der Waals surface area contributed by atoms with Crippen molar-refractivity contribution in [3.8, 4) is 0 Å². The lowest BCUT2D eigenvalue weighted by atomic mass is 9.98. The molecule has 1 heterocycles. The molecule has 2 aromatic carbocycles. The first-order valence-corrected chi connectivity index (χ1v) is 6.89. The molecule has 2 heteroatoms. The molecule has 0 aliphatic carbocycles. The van der Waals surface area contributed by atoms with Crippen LogP contribution in [0.4, 0.5) is 0 Å². The van der Waals surface area contributed by atoms with Crippen LogP contribution in [0, 0.1) is 0 Å². The predicted octanol–water partition coefficient (Wildman–Crippen LogP) is 3.90. The van der Waals surface area contributed by atoms with Gasteiger partial charge in [0.15, 0.2) is 0 Å². The highest BCUT2D eigenvalue weighted by Gasteiger charge is 2.08. The molecule has 3 aromatic rings. The molecule has 0 saturated heterocycles. The van der Waals surface area contributed by atoms with Gasteiger partial charge in [0.1, 0.15) is 0 Å². The van der Waals surface area contributed by atoms with E-state index in [0.29, 0.717) is 6.42 Å². The number of aryl methyl sites for hydroxylation is 1. The summed E-state index contributed by atoms with van der Waals surface area (Å²) in [5, 5.41) is 12.7. The van der Waals surface area contributed by atoms with Crippen LogP contribution in [0.3, 0.4) is 0 Å². The maximum absolute atomic E-state index is 10.2. The lowest BCUT2D eigenvalue weighted by Gasteiger charge is -2.11. The van der Waals surface area contributed by atoms with Gasteiger partial charge in [0.2, 0.25) is 0 Å². The molecule has 0 bridgehead atoms. The summed E-state index contributed by atoms with van der Waals surface area (Å²) in [5.74, 6) is 0. The third-order valence-corrected chi connectivity index (χ3v) is 3.64. The monoisotopic (exact) mass is 263 g/mol. The molecule has 0 fully saturated rings. The number of rotatable bonds is 4. The molecule has 1 N–H and O–H groups in total. The quantitative estimate of drug-likeness (QED) is 0.774. The second-order valence-corrected chi connectivity index (χ2v) is 4.98. The minimum Gasteiger partial charge on any atom is -0.388 e. The summed E-state index contributed by atoms with van der Waals surface area (Å²) >= 11 is 0. The van der Waals surface area contributed by atoms with Gasteiger partial charge < -0.3 is 5.11 Å². The summed E-state index contributed by atoms with van der Waals surface area (Å²) < 4.78 is 0. The zero-order chi connectivity index (χ0) is 13.8. The SMILES string of the molecule is OC(CCc1cccc2ccccc12)c1cccnc1. The predicted molar refractivity (Wildman–Crippen MR) is 81.5 cm³/mol. The summed E-state index contributed by atoms with van der Waals surface area (Å²) in [4.78, 5) is 4.05. The van der Waals surface area contributed by atoms with Crippen LogP contribution in [0.1, 0.15) is 23.7 Å². The fourth-order valence-electron chi connectivity index (χ4n) is 2.54. The van der Waals surface area contributed by atoms with E-state index in [0.717, 1.165) is 12.0 Å². The van der Waals surface area contributed by atoms with Gasteiger partial charge in [-0.1, -0.05) is 48.5 Å². The Balaban J connectivity index is 1.77. The van der Waals surface area contributed by atoms with Gasteiger partial charge in [0.25, 0.3) is 0 Å². The van der Waals surface area contributed by atoms with Crippen LogP contribution in [0.25, 0.3) is 10.8 Å². The molecular weight excluding hydrogens is 246 g/mol. The molecule has 0 aliphatic rings. The molecule has 0 saturated carbocycles. The summed E-state index contributed by atoms with van der Waals surface area (Å²) in [6.45, 7) is 0. The third kappa shape index (κ3) is 2.70. The standard InChI is InChI=1S/C18H17NO/c20-18(16-8-4-12-19-13-16)11-10-15-7-3-6-14-5-1-2-9-17(14)15/h1-9,12-13,18,20H,10-11H2. The largest absolute Gasteiger partial charge is 0.388 e. The first-order chi connectivity index (χ1) is 9.84. The number of hydrogen-bond acceptors (Lipinski definition) is 2. The van der Waals surface area contributed by atoms with Crippen LogP contribution in [-0.4, -0.2) is 10.1 Å². The Kier molecular flexibility index (Phi) is 3.75. The number of benzene rings is 2. The molecule has 0 radical (unpaired) electrons. The molecule has 1 aromatic heterocycles. The van der Waals surface area contributed by atoms with Crippen molar-refractivity contribution in [2.45, 2.75) is 18.9 Å². The Morgan fingerprint density at radius 1 is 0.950 bits per heavy atom. The topological polar surface area (TPSA) is 33.1 Å². The van der Waals surface area contributed by atoms with Crippen LogP contribution in [-0.2, 0) is 6.42 Å². The highest BCUT2D eigenvalue weighted by molar-refractivity contribution is 5.85. The molecule has 20 heavy (non-hydrogen) atoms. The number of aromatic nitrogens is 1. The van der Waals surface area contributed by atoms with Crippen LogP contribution in [0.15, 0.2) is 67.0 Å². The zero-order valence-corrected chi connectivity index (χ0v) is 11.2. The van der Waals surface area contributed by atoms with Crippen molar-refractivity contribution < 1.29 is 5.11 Å². The molecule has 0 amide bonds. The molecule has 3 rings (SSSR count). The average Bonchev–Trinajstić information content (AvgIpc) is 2.53. The van der Waals surface area contributed by atoms with Crippen molar-refractivity contribution in [3.05, 3.63) is 78.1 Å². The Hall–Kier alpha value is -2.19. The Morgan fingerprint density at radius 2 is 1.80 bits per heavy atom. The van der Waals surface area contributed by atoms with Crippen LogP contribution in [0.2, 0.25) is 0 Å². The minimum atomic E-state index is -0.456. The summed E-state index contributed by atoms with van der Waals surface area (Å²) in [5.41, 5.74) is 2.17. The van der Waals surface area contributed by atoms with E-state index in [-0.39, 0.29) is 0 Å². The van der Waals surface area contributed by atoms with Crippen molar-refractivity contribution in [1.82, 2.24) is 4.98 Å². The van der Waals surface area contributed by atoms with E-state index >= 15 is 0 Å². The Labute approximate surface area is 118 Å². The van der Waals surface area contributed by atoms with Crippen LogP contribution >= 0.6 is 0 Å². The van der Waals surface area contributed by atoms with Crippen molar-refractivity contribution in [2.75, 3.05) is 0 Å². The van der Waals surface area contributed by atoms with E-state index in [1.165, 1.54) is 16.3 Å². The Bertz CT molecular complexity index is 689. The van der Waals surface area contributed by atoms with E-state index in [1.54, 1.807) is 12.4 Å². The van der Waals surface area contributed by atoms with Crippen molar-refractivity contribution >= 4 is 10.8 Å². The molecule has 0 aliphatic heterocycles. The molecule has 1 unspecified atom stereocenters. The summed E-state index contributed by atoms with van der Waals surface area (Å²) in [7, 11) is 0. The number of aliphatic hydroxyl groups is 1. The van der Waals surface area contributed by atoms with Crippen molar-refractivity contribution in [1.29, 1.82) is 0 Å². The van der Waals surface area contributed by atoms with Gasteiger partial charge in [-0.05, 0) is 40.8 Å². The maximum Gasteiger partial charge on any atom is 0.0808 e. The van der Waals surface area contributed by atoms with Gasteiger partial charge in [-0.3, -0.25) is 4.98 Å². The van der Waals surface area contributed by atoms with Crippen molar-refractivity contribution in [3.63, 3.8) is 0 Å². The molecule has 2 nitrogen and oxygen atoms in total. The normalized spacial score (nSPS) is 12.4. The average molecular weight is 263 g/mol. The lowest BCUT2D eigenvalue weighted by molar-refractivity contribution is 0.167. The number of fused-ring (bicyclic) bond motifs is 1. The van der Waals surface area contributed by atoms with Gasteiger partial charge >= 0.3 is 0 Å². The number of nitrogens with zero attached hydrogens (tertiary/aromatic N) is 1. The number of hydrogen-bond donors (Lipinski definition) is 1. The van der Waals surface area contributed by atoms with Gasteiger partial charge in [-0.2, -0.15) is 0 Å². The van der Waals surface area contributed by atoms with E-state index in [2.05, 4.69) is 47.4 Å². The first kappa shape index (κ1) is 12.8. The fourth-order valence-corrected chi connectivity index (χ4v) is 2.54. The van der Waals surface area contributed by atoms with E-state index in [1.807, 2.05) is 12.1 Å². The second-order valence-electron chi connectivity index (χ2n) is 4.98. The molecule has 100 valence electrons. The number of pyridine rings is 1. The fraction of sp³-hybridized carbons (Fsp3) is 0.167. The zero-order valence-electron chi connectivity index (χ0n) is 11.2. The number of aliphatic hydroxyl groups excluding tert-OH is 1. The molecule has 0 spiro atoms. The van der Waals surface area contributed by atoms with Crippen molar-refractivity contribution in [2.24, 2.45) is 0 Å². The van der Waals surface area contributed by atoms with Gasteiger partial charge in [0, 0.05) is 12.4 Å². The van der Waals surface area contributed by atoms with Gasteiger partial charge in [-0.25, -0.2) is 0 Å². The first-order valence-electron chi connectivity index (χ1n) is 6.89. The summed E-state index contributed by atoms with van der Waals surface area (Å²) in [6, 6.07) is 18.5. The van der Waals surface area contributed by atoms with Gasteiger partial charge in [0.05, 0.1) is 6.10 Å². The van der Waals surface area contributed by atoms with E-state index in [9.17, 15) is 5.11 Å². The van der Waals surface area contributed by atoms with Crippen LogP contribution in [0.5, 0.6) is 0 Å². The highest BCUT2D eigenvalue weighted by Crippen LogP contribution is 2.23. The third-order valence-electron chi connectivity index (χ3n) is 3.64. The second kappa shape index (κ2) is 5.85.